The molecule has 0 aliphatic heterocycles. The second-order valence-electron chi connectivity index (χ2n) is 4.69. The van der Waals surface area contributed by atoms with Gasteiger partial charge < -0.3 is 0 Å². The average Bonchev–Trinajstić information content (AvgIpc) is 2.45. The minimum Gasteiger partial charge on any atom is -0.253 e. The van der Waals surface area contributed by atoms with E-state index in [-0.39, 0.29) is 0 Å². The molecule has 0 saturated carbocycles. The van der Waals surface area contributed by atoms with Crippen molar-refractivity contribution >= 4 is 0 Å². The van der Waals surface area contributed by atoms with Gasteiger partial charge in [0.1, 0.15) is 0 Å². The maximum atomic E-state index is 4.74. The zero-order chi connectivity index (χ0) is 12.6. The fourth-order valence-electron chi connectivity index (χ4n) is 2.12. The predicted molar refractivity (Wildman–Crippen MR) is 77.5 cm³/mol. The van der Waals surface area contributed by atoms with Crippen LogP contribution in [0.2, 0.25) is 0 Å². The summed E-state index contributed by atoms with van der Waals surface area (Å²) in [7, 11) is 0. The first-order valence-corrected chi connectivity index (χ1v) is 6.91. The number of unbranched alkanes of at least 4 members (excludes halogenated alkanes) is 3. The Hall–Kier alpha value is -1.63. The summed E-state index contributed by atoms with van der Waals surface area (Å²) in [5, 5.41) is 0. The normalized spacial score (nSPS) is 10.5. The van der Waals surface area contributed by atoms with Crippen molar-refractivity contribution in [3.05, 3.63) is 54.2 Å². The molecule has 0 aliphatic rings. The van der Waals surface area contributed by atoms with Gasteiger partial charge in [0.2, 0.25) is 0 Å². The van der Waals surface area contributed by atoms with Crippen molar-refractivity contribution in [2.24, 2.45) is 0 Å². The molecule has 0 saturated heterocycles. The number of nitrogens with zero attached hydrogens (tertiary/aromatic N) is 1. The van der Waals surface area contributed by atoms with Crippen molar-refractivity contribution in [2.75, 3.05) is 0 Å². The Morgan fingerprint density at radius 1 is 0.833 bits per heavy atom. The van der Waals surface area contributed by atoms with Gasteiger partial charge in [0.25, 0.3) is 0 Å². The van der Waals surface area contributed by atoms with Crippen molar-refractivity contribution in [3.63, 3.8) is 0 Å². The van der Waals surface area contributed by atoms with Crippen molar-refractivity contribution < 1.29 is 0 Å². The second kappa shape index (κ2) is 6.95. The van der Waals surface area contributed by atoms with Gasteiger partial charge in [0.05, 0.1) is 5.69 Å². The Morgan fingerprint density at radius 3 is 2.44 bits per heavy atom. The molecule has 0 aliphatic carbocycles. The summed E-state index contributed by atoms with van der Waals surface area (Å²) in [6, 6.07) is 16.7. The smallest absolute Gasteiger partial charge is 0.0705 e. The maximum Gasteiger partial charge on any atom is 0.0705 e. The summed E-state index contributed by atoms with van der Waals surface area (Å²) in [5.74, 6) is 0. The van der Waals surface area contributed by atoms with Crippen molar-refractivity contribution in [1.82, 2.24) is 4.98 Å². The monoisotopic (exact) mass is 239 g/mol. The number of hydrogen-bond donors (Lipinski definition) is 0. The van der Waals surface area contributed by atoms with Crippen LogP contribution in [-0.2, 0) is 6.42 Å². The van der Waals surface area contributed by atoms with Crippen LogP contribution >= 0.6 is 0 Å². The lowest BCUT2D eigenvalue weighted by atomic mass is 10.1. The van der Waals surface area contributed by atoms with E-state index in [0.717, 1.165) is 12.1 Å². The molecule has 0 spiro atoms. The second-order valence-corrected chi connectivity index (χ2v) is 4.69. The molecule has 2 aromatic rings. The van der Waals surface area contributed by atoms with Gasteiger partial charge in [-0.25, -0.2) is 0 Å². The van der Waals surface area contributed by atoms with E-state index in [1.807, 2.05) is 6.07 Å². The van der Waals surface area contributed by atoms with Crippen LogP contribution in [0, 0.1) is 0 Å². The Morgan fingerprint density at radius 2 is 1.67 bits per heavy atom. The molecular formula is C17H21N. The predicted octanol–water partition coefficient (Wildman–Crippen LogP) is 4.87. The SMILES string of the molecule is CCCCCCc1cccc(-c2ccccc2)n1. The van der Waals surface area contributed by atoms with Gasteiger partial charge in [0.15, 0.2) is 0 Å². The molecular weight excluding hydrogens is 218 g/mol. The Bertz CT molecular complexity index is 462. The van der Waals surface area contributed by atoms with Crippen molar-refractivity contribution in [1.29, 1.82) is 0 Å². The van der Waals surface area contributed by atoms with Crippen molar-refractivity contribution in [2.45, 2.75) is 39.0 Å². The fraction of sp³-hybridized carbons (Fsp3) is 0.353. The minimum atomic E-state index is 1.09. The van der Waals surface area contributed by atoms with E-state index in [1.165, 1.54) is 36.9 Å². The minimum absolute atomic E-state index is 1.09. The summed E-state index contributed by atoms with van der Waals surface area (Å²) in [6.45, 7) is 2.24. The standard InChI is InChI=1S/C17H21N/c1-2-3-4-8-12-16-13-9-14-17(18-16)15-10-6-5-7-11-15/h5-7,9-11,13-14H,2-4,8,12H2,1H3. The van der Waals surface area contributed by atoms with E-state index in [2.05, 4.69) is 49.4 Å². The van der Waals surface area contributed by atoms with E-state index in [4.69, 9.17) is 4.98 Å². The van der Waals surface area contributed by atoms with Gasteiger partial charge in [-0.15, -0.1) is 0 Å². The third kappa shape index (κ3) is 3.69. The van der Waals surface area contributed by atoms with E-state index in [1.54, 1.807) is 0 Å². The highest BCUT2D eigenvalue weighted by Crippen LogP contribution is 2.17. The number of benzene rings is 1. The molecule has 0 N–H and O–H groups in total. The van der Waals surface area contributed by atoms with E-state index in [0.29, 0.717) is 0 Å². The zero-order valence-electron chi connectivity index (χ0n) is 11.1. The van der Waals surface area contributed by atoms with Crippen LogP contribution in [-0.4, -0.2) is 4.98 Å². The Balaban J connectivity index is 2.02. The number of hydrogen-bond acceptors (Lipinski definition) is 1. The molecule has 1 heterocycles. The molecule has 2 rings (SSSR count). The highest BCUT2D eigenvalue weighted by Gasteiger charge is 2.00. The summed E-state index contributed by atoms with van der Waals surface area (Å²) < 4.78 is 0. The van der Waals surface area contributed by atoms with Gasteiger partial charge >= 0.3 is 0 Å². The summed E-state index contributed by atoms with van der Waals surface area (Å²) in [5.41, 5.74) is 3.50. The lowest BCUT2D eigenvalue weighted by Gasteiger charge is -2.04. The first kappa shape index (κ1) is 12.8. The average molecular weight is 239 g/mol. The largest absolute Gasteiger partial charge is 0.253 e. The third-order valence-electron chi connectivity index (χ3n) is 3.16. The van der Waals surface area contributed by atoms with Gasteiger partial charge in [0, 0.05) is 11.3 Å². The van der Waals surface area contributed by atoms with E-state index < -0.39 is 0 Å². The van der Waals surface area contributed by atoms with Gasteiger partial charge in [-0.3, -0.25) is 4.98 Å². The number of aromatic nitrogens is 1. The van der Waals surface area contributed by atoms with Gasteiger partial charge in [-0.2, -0.15) is 0 Å². The summed E-state index contributed by atoms with van der Waals surface area (Å²) >= 11 is 0. The van der Waals surface area contributed by atoms with Crippen LogP contribution in [0.4, 0.5) is 0 Å². The number of aryl methyl sites for hydroxylation is 1. The Kier molecular flexibility index (Phi) is 4.95. The Labute approximate surface area is 110 Å². The fourth-order valence-corrected chi connectivity index (χ4v) is 2.12. The number of pyridine rings is 1. The first-order valence-electron chi connectivity index (χ1n) is 6.91. The molecule has 94 valence electrons. The molecule has 0 fully saturated rings. The molecule has 1 nitrogen and oxygen atoms in total. The third-order valence-corrected chi connectivity index (χ3v) is 3.16. The zero-order valence-corrected chi connectivity index (χ0v) is 11.1. The maximum absolute atomic E-state index is 4.74. The summed E-state index contributed by atoms with van der Waals surface area (Å²) in [6.07, 6.45) is 6.28. The van der Waals surface area contributed by atoms with Gasteiger partial charge in [-0.1, -0.05) is 62.6 Å². The molecule has 0 unspecified atom stereocenters. The highest BCUT2D eigenvalue weighted by atomic mass is 14.7. The molecule has 0 bridgehead atoms. The molecule has 0 radical (unpaired) electrons. The van der Waals surface area contributed by atoms with E-state index in [9.17, 15) is 0 Å². The molecule has 1 heteroatoms. The van der Waals surface area contributed by atoms with Crippen LogP contribution in [0.3, 0.4) is 0 Å². The summed E-state index contributed by atoms with van der Waals surface area (Å²) in [4.78, 5) is 4.74. The number of rotatable bonds is 6. The molecule has 1 aromatic carbocycles. The first-order chi connectivity index (χ1) is 8.90. The molecule has 1 aromatic heterocycles. The van der Waals surface area contributed by atoms with Crippen molar-refractivity contribution in [3.8, 4) is 11.3 Å². The van der Waals surface area contributed by atoms with Crippen LogP contribution < -0.4 is 0 Å². The van der Waals surface area contributed by atoms with E-state index >= 15 is 0 Å². The van der Waals surface area contributed by atoms with Crippen LogP contribution in [0.25, 0.3) is 11.3 Å². The quantitative estimate of drug-likeness (QED) is 0.655. The molecule has 0 atom stereocenters. The lowest BCUT2D eigenvalue weighted by Crippen LogP contribution is -1.92. The topological polar surface area (TPSA) is 12.9 Å². The van der Waals surface area contributed by atoms with Crippen LogP contribution in [0.15, 0.2) is 48.5 Å². The molecule has 0 amide bonds. The van der Waals surface area contributed by atoms with Crippen LogP contribution in [0.5, 0.6) is 0 Å². The lowest BCUT2D eigenvalue weighted by molar-refractivity contribution is 0.661. The van der Waals surface area contributed by atoms with Crippen LogP contribution in [0.1, 0.15) is 38.3 Å². The van der Waals surface area contributed by atoms with Gasteiger partial charge in [-0.05, 0) is 25.0 Å². The highest BCUT2D eigenvalue weighted by molar-refractivity contribution is 5.58. The molecule has 18 heavy (non-hydrogen) atoms.